The molecule has 1 rings (SSSR count). The van der Waals surface area contributed by atoms with Crippen LogP contribution in [0.3, 0.4) is 0 Å². The van der Waals surface area contributed by atoms with Gasteiger partial charge in [0.15, 0.2) is 0 Å². The Bertz CT molecular complexity index is 406. The maximum atomic E-state index is 12.6. The molecule has 0 aliphatic heterocycles. The quantitative estimate of drug-likeness (QED) is 0.625. The molecule has 0 radical (unpaired) electrons. The minimum Gasteiger partial charge on any atom is -0.395 e. The van der Waals surface area contributed by atoms with Crippen LogP contribution in [-0.2, 0) is 16.0 Å². The first-order chi connectivity index (χ1) is 8.63. The lowest BCUT2D eigenvalue weighted by Gasteiger charge is -2.05. The Hall–Kier alpha value is -1.95. The third kappa shape index (κ3) is 4.92. The van der Waals surface area contributed by atoms with Gasteiger partial charge in [0.05, 0.1) is 6.61 Å². The molecule has 2 amide bonds. The van der Waals surface area contributed by atoms with E-state index in [0.717, 1.165) is 5.56 Å². The topological polar surface area (TPSA) is 78.4 Å². The number of carbonyl (C=O) groups excluding carboxylic acids is 2. The fourth-order valence-corrected chi connectivity index (χ4v) is 1.30. The zero-order chi connectivity index (χ0) is 13.4. The van der Waals surface area contributed by atoms with E-state index in [0.29, 0.717) is 6.42 Å². The molecule has 0 unspecified atom stereocenters. The molecule has 0 saturated carbocycles. The Morgan fingerprint density at radius 2 is 1.61 bits per heavy atom. The predicted octanol–water partition coefficient (Wildman–Crippen LogP) is -0.407. The smallest absolute Gasteiger partial charge is 0.309 e. The van der Waals surface area contributed by atoms with Crippen molar-refractivity contribution in [2.45, 2.75) is 6.42 Å². The van der Waals surface area contributed by atoms with E-state index in [4.69, 9.17) is 5.11 Å². The third-order valence-corrected chi connectivity index (χ3v) is 2.22. The molecule has 0 atom stereocenters. The molecule has 6 heteroatoms. The molecule has 0 aliphatic carbocycles. The second-order valence-electron chi connectivity index (χ2n) is 3.61. The average Bonchev–Trinajstić information content (AvgIpc) is 2.38. The van der Waals surface area contributed by atoms with Gasteiger partial charge in [0, 0.05) is 13.1 Å². The molecule has 1 aromatic carbocycles. The first kappa shape index (κ1) is 14.1. The molecule has 0 heterocycles. The molecular formula is C12H15FN2O3. The van der Waals surface area contributed by atoms with E-state index in [1.54, 1.807) is 12.1 Å². The first-order valence-electron chi connectivity index (χ1n) is 5.55. The van der Waals surface area contributed by atoms with Gasteiger partial charge in [-0.25, -0.2) is 4.39 Å². The highest BCUT2D eigenvalue weighted by molar-refractivity contribution is 6.35. The van der Waals surface area contributed by atoms with Gasteiger partial charge in [-0.1, -0.05) is 12.1 Å². The Kier molecular flexibility index (Phi) is 5.79. The highest BCUT2D eigenvalue weighted by atomic mass is 19.1. The molecule has 0 aromatic heterocycles. The lowest BCUT2D eigenvalue weighted by Crippen LogP contribution is -2.41. The van der Waals surface area contributed by atoms with Gasteiger partial charge < -0.3 is 15.7 Å². The van der Waals surface area contributed by atoms with Crippen molar-refractivity contribution < 1.29 is 19.1 Å². The van der Waals surface area contributed by atoms with Crippen molar-refractivity contribution in [3.05, 3.63) is 35.6 Å². The van der Waals surface area contributed by atoms with E-state index >= 15 is 0 Å². The first-order valence-corrected chi connectivity index (χ1v) is 5.55. The summed E-state index contributed by atoms with van der Waals surface area (Å²) in [5.74, 6) is -1.83. The molecule has 3 N–H and O–H groups in total. The van der Waals surface area contributed by atoms with Gasteiger partial charge in [-0.05, 0) is 24.1 Å². The normalized spacial score (nSPS) is 9.89. The van der Waals surface area contributed by atoms with E-state index in [-0.39, 0.29) is 25.5 Å². The molecule has 5 nitrogen and oxygen atoms in total. The number of nitrogens with one attached hydrogen (secondary N) is 2. The largest absolute Gasteiger partial charge is 0.395 e. The molecule has 0 spiro atoms. The van der Waals surface area contributed by atoms with Crippen LogP contribution in [0.1, 0.15) is 5.56 Å². The second-order valence-corrected chi connectivity index (χ2v) is 3.61. The van der Waals surface area contributed by atoms with Gasteiger partial charge in [0.1, 0.15) is 5.82 Å². The molecule has 0 saturated heterocycles. The fourth-order valence-electron chi connectivity index (χ4n) is 1.30. The number of rotatable bonds is 5. The zero-order valence-electron chi connectivity index (χ0n) is 9.78. The van der Waals surface area contributed by atoms with Crippen LogP contribution in [0.4, 0.5) is 4.39 Å². The third-order valence-electron chi connectivity index (χ3n) is 2.22. The summed E-state index contributed by atoms with van der Waals surface area (Å²) < 4.78 is 12.6. The summed E-state index contributed by atoms with van der Waals surface area (Å²) in [5.41, 5.74) is 0.868. The van der Waals surface area contributed by atoms with E-state index in [1.165, 1.54) is 12.1 Å². The van der Waals surface area contributed by atoms with Crippen molar-refractivity contribution in [2.75, 3.05) is 19.7 Å². The summed E-state index contributed by atoms with van der Waals surface area (Å²) in [7, 11) is 0. The molecule has 0 aliphatic rings. The standard InChI is InChI=1S/C12H15FN2O3/c13-10-3-1-9(2-4-10)5-6-14-11(17)12(18)15-7-8-16/h1-4,16H,5-8H2,(H,14,17)(H,15,18). The summed E-state index contributed by atoms with van der Waals surface area (Å²) in [6, 6.07) is 5.91. The second kappa shape index (κ2) is 7.39. The number of hydrogen-bond donors (Lipinski definition) is 3. The maximum Gasteiger partial charge on any atom is 0.309 e. The molecule has 98 valence electrons. The average molecular weight is 254 g/mol. The summed E-state index contributed by atoms with van der Waals surface area (Å²) >= 11 is 0. The van der Waals surface area contributed by atoms with Crippen LogP contribution < -0.4 is 10.6 Å². The van der Waals surface area contributed by atoms with Crippen LogP contribution in [0.2, 0.25) is 0 Å². The van der Waals surface area contributed by atoms with Crippen molar-refractivity contribution in [3.8, 4) is 0 Å². The van der Waals surface area contributed by atoms with E-state index < -0.39 is 11.8 Å². The van der Waals surface area contributed by atoms with Crippen LogP contribution in [0.15, 0.2) is 24.3 Å². The van der Waals surface area contributed by atoms with Crippen molar-refractivity contribution in [2.24, 2.45) is 0 Å². The minimum atomic E-state index is -0.775. The summed E-state index contributed by atoms with van der Waals surface area (Å²) in [4.78, 5) is 22.3. The number of carbonyl (C=O) groups is 2. The van der Waals surface area contributed by atoms with Gasteiger partial charge in [-0.15, -0.1) is 0 Å². The van der Waals surface area contributed by atoms with Crippen molar-refractivity contribution in [1.82, 2.24) is 10.6 Å². The summed E-state index contributed by atoms with van der Waals surface area (Å²) in [6.07, 6.45) is 0.513. The van der Waals surface area contributed by atoms with Crippen molar-refractivity contribution >= 4 is 11.8 Å². The number of aliphatic hydroxyl groups excluding tert-OH is 1. The lowest BCUT2D eigenvalue weighted by atomic mass is 10.1. The van der Waals surface area contributed by atoms with Crippen LogP contribution in [0, 0.1) is 5.82 Å². The molecule has 0 bridgehead atoms. The summed E-state index contributed by atoms with van der Waals surface area (Å²) in [6.45, 7) is 0.121. The fraction of sp³-hybridized carbons (Fsp3) is 0.333. The highest BCUT2D eigenvalue weighted by Gasteiger charge is 2.11. The monoisotopic (exact) mass is 254 g/mol. The predicted molar refractivity (Wildman–Crippen MR) is 63.2 cm³/mol. The van der Waals surface area contributed by atoms with Gasteiger partial charge in [-0.3, -0.25) is 9.59 Å². The Labute approximate surface area is 104 Å². The van der Waals surface area contributed by atoms with E-state index in [9.17, 15) is 14.0 Å². The minimum absolute atomic E-state index is 0.0458. The lowest BCUT2D eigenvalue weighted by molar-refractivity contribution is -0.139. The van der Waals surface area contributed by atoms with Gasteiger partial charge in [0.25, 0.3) is 0 Å². The van der Waals surface area contributed by atoms with Crippen LogP contribution in [0.5, 0.6) is 0 Å². The number of aliphatic hydroxyl groups is 1. The molecule has 1 aromatic rings. The zero-order valence-corrected chi connectivity index (χ0v) is 9.78. The number of halogens is 1. The number of benzene rings is 1. The maximum absolute atomic E-state index is 12.6. The Balaban J connectivity index is 2.27. The number of amides is 2. The summed E-state index contributed by atoms with van der Waals surface area (Å²) in [5, 5.41) is 13.1. The van der Waals surface area contributed by atoms with Crippen LogP contribution >= 0.6 is 0 Å². The Morgan fingerprint density at radius 3 is 2.17 bits per heavy atom. The highest BCUT2D eigenvalue weighted by Crippen LogP contribution is 2.02. The molecule has 0 fully saturated rings. The van der Waals surface area contributed by atoms with Crippen LogP contribution in [0.25, 0.3) is 0 Å². The Morgan fingerprint density at radius 1 is 1.06 bits per heavy atom. The van der Waals surface area contributed by atoms with Crippen LogP contribution in [-0.4, -0.2) is 36.6 Å². The molecular weight excluding hydrogens is 239 g/mol. The van der Waals surface area contributed by atoms with Crippen molar-refractivity contribution in [1.29, 1.82) is 0 Å². The van der Waals surface area contributed by atoms with Gasteiger partial charge in [-0.2, -0.15) is 0 Å². The number of hydrogen-bond acceptors (Lipinski definition) is 3. The van der Waals surface area contributed by atoms with Gasteiger partial charge in [0.2, 0.25) is 0 Å². The molecule has 18 heavy (non-hydrogen) atoms. The van der Waals surface area contributed by atoms with E-state index in [2.05, 4.69) is 10.6 Å². The van der Waals surface area contributed by atoms with Gasteiger partial charge >= 0.3 is 11.8 Å². The van der Waals surface area contributed by atoms with E-state index in [1.807, 2.05) is 0 Å². The van der Waals surface area contributed by atoms with Crippen molar-refractivity contribution in [3.63, 3.8) is 0 Å². The SMILES string of the molecule is O=C(NCCO)C(=O)NCCc1ccc(F)cc1.